The van der Waals surface area contributed by atoms with E-state index in [-0.39, 0.29) is 11.8 Å². The largest absolute Gasteiger partial charge is 0.339 e. The summed E-state index contributed by atoms with van der Waals surface area (Å²) in [5.74, 6) is 0.549. The van der Waals surface area contributed by atoms with Crippen LogP contribution in [0.3, 0.4) is 0 Å². The van der Waals surface area contributed by atoms with Gasteiger partial charge in [0.05, 0.1) is 13.1 Å². The van der Waals surface area contributed by atoms with Gasteiger partial charge in [0.25, 0.3) is 11.8 Å². The molecule has 0 N–H and O–H groups in total. The average molecular weight is 330 g/mol. The van der Waals surface area contributed by atoms with E-state index in [1.807, 2.05) is 24.7 Å². The van der Waals surface area contributed by atoms with E-state index in [9.17, 15) is 9.59 Å². The molecule has 2 aromatic heterocycles. The van der Waals surface area contributed by atoms with Crippen LogP contribution < -0.4 is 0 Å². The minimum atomic E-state index is -0.169. The van der Waals surface area contributed by atoms with Crippen LogP contribution in [0.5, 0.6) is 0 Å². The lowest BCUT2D eigenvalue weighted by molar-refractivity contribution is 0.0722. The molecule has 0 fully saturated rings. The first-order valence-corrected chi connectivity index (χ1v) is 8.10. The van der Waals surface area contributed by atoms with Gasteiger partial charge in [-0.1, -0.05) is 6.92 Å². The quantitative estimate of drug-likeness (QED) is 0.811. The zero-order valence-corrected chi connectivity index (χ0v) is 14.3. The van der Waals surface area contributed by atoms with Crippen LogP contribution in [0.25, 0.3) is 0 Å². The van der Waals surface area contributed by atoms with Crippen molar-refractivity contribution in [1.29, 1.82) is 0 Å². The van der Waals surface area contributed by atoms with Crippen LogP contribution in [0.2, 0.25) is 0 Å². The number of hydrogen-bond acceptors (Lipinski definition) is 4. The second-order valence-electron chi connectivity index (χ2n) is 6.05. The third-order valence-corrected chi connectivity index (χ3v) is 4.25. The van der Waals surface area contributed by atoms with E-state index in [0.717, 1.165) is 12.2 Å². The highest BCUT2D eigenvalue weighted by Gasteiger charge is 2.27. The maximum Gasteiger partial charge on any atom is 0.274 e. The molecular weight excluding hydrogens is 308 g/mol. The molecule has 0 aromatic carbocycles. The third kappa shape index (κ3) is 2.91. The Morgan fingerprint density at radius 2 is 2.12 bits per heavy atom. The highest BCUT2D eigenvalue weighted by Crippen LogP contribution is 2.15. The molecule has 0 saturated carbocycles. The molecule has 0 bridgehead atoms. The minimum absolute atomic E-state index is 0.0982. The van der Waals surface area contributed by atoms with Gasteiger partial charge in [-0.3, -0.25) is 14.3 Å². The standard InChI is InChI=1S/C16H22N6O2/c1-4-6-21(11-14-17-5-7-19(14)2)15(23)12-10-13-16(24)20(3)8-9-22(13)18-12/h5,7,10H,4,6,8-9,11H2,1-3H3. The van der Waals surface area contributed by atoms with Gasteiger partial charge in [0.15, 0.2) is 5.69 Å². The van der Waals surface area contributed by atoms with Crippen molar-refractivity contribution in [2.24, 2.45) is 7.05 Å². The van der Waals surface area contributed by atoms with Crippen LogP contribution in [-0.2, 0) is 20.1 Å². The number of fused-ring (bicyclic) bond motifs is 1. The Hall–Kier alpha value is -2.64. The summed E-state index contributed by atoms with van der Waals surface area (Å²) in [6.45, 7) is 4.27. The number of likely N-dealkylation sites (N-methyl/N-ethyl adjacent to an activating group) is 1. The lowest BCUT2D eigenvalue weighted by Crippen LogP contribution is -2.37. The molecule has 0 aliphatic carbocycles. The summed E-state index contributed by atoms with van der Waals surface area (Å²) in [7, 11) is 3.66. The summed E-state index contributed by atoms with van der Waals surface area (Å²) in [5.41, 5.74) is 0.789. The summed E-state index contributed by atoms with van der Waals surface area (Å²) < 4.78 is 3.52. The van der Waals surface area contributed by atoms with Crippen molar-refractivity contribution in [3.63, 3.8) is 0 Å². The molecule has 3 heterocycles. The van der Waals surface area contributed by atoms with Gasteiger partial charge in [0, 0.05) is 45.6 Å². The van der Waals surface area contributed by atoms with E-state index in [1.165, 1.54) is 0 Å². The molecule has 128 valence electrons. The molecule has 8 heteroatoms. The molecule has 0 atom stereocenters. The highest BCUT2D eigenvalue weighted by molar-refractivity contribution is 5.98. The summed E-state index contributed by atoms with van der Waals surface area (Å²) in [4.78, 5) is 32.7. The lowest BCUT2D eigenvalue weighted by atomic mass is 10.2. The third-order valence-electron chi connectivity index (χ3n) is 4.25. The Morgan fingerprint density at radius 3 is 2.79 bits per heavy atom. The zero-order valence-electron chi connectivity index (χ0n) is 14.3. The van der Waals surface area contributed by atoms with Crippen molar-refractivity contribution in [2.75, 3.05) is 20.1 Å². The van der Waals surface area contributed by atoms with Crippen LogP contribution >= 0.6 is 0 Å². The number of amides is 2. The van der Waals surface area contributed by atoms with E-state index < -0.39 is 0 Å². The second kappa shape index (κ2) is 6.46. The molecular formula is C16H22N6O2. The molecule has 1 aliphatic heterocycles. The van der Waals surface area contributed by atoms with Crippen LogP contribution in [0.1, 0.15) is 40.1 Å². The number of imidazole rings is 1. The fraction of sp³-hybridized carbons (Fsp3) is 0.500. The molecule has 3 rings (SSSR count). The minimum Gasteiger partial charge on any atom is -0.339 e. The van der Waals surface area contributed by atoms with E-state index in [4.69, 9.17) is 0 Å². The SMILES string of the molecule is CCCN(Cc1nccn1C)C(=O)c1cc2n(n1)CCN(C)C2=O. The predicted octanol–water partition coefficient (Wildman–Crippen LogP) is 0.755. The van der Waals surface area contributed by atoms with Gasteiger partial charge in [-0.2, -0.15) is 5.10 Å². The zero-order chi connectivity index (χ0) is 17.3. The Balaban J connectivity index is 1.84. The van der Waals surface area contributed by atoms with Gasteiger partial charge in [0.2, 0.25) is 0 Å². The van der Waals surface area contributed by atoms with Crippen molar-refractivity contribution >= 4 is 11.8 Å². The normalized spacial score (nSPS) is 14.0. The highest BCUT2D eigenvalue weighted by atomic mass is 16.2. The van der Waals surface area contributed by atoms with Crippen molar-refractivity contribution in [3.8, 4) is 0 Å². The molecule has 0 spiro atoms. The Labute approximate surface area is 140 Å². The fourth-order valence-corrected chi connectivity index (χ4v) is 2.81. The Kier molecular flexibility index (Phi) is 4.37. The molecule has 2 amide bonds. The van der Waals surface area contributed by atoms with E-state index in [2.05, 4.69) is 10.1 Å². The Bertz CT molecular complexity index is 762. The maximum atomic E-state index is 12.9. The predicted molar refractivity (Wildman–Crippen MR) is 87.4 cm³/mol. The van der Waals surface area contributed by atoms with E-state index in [1.54, 1.807) is 33.8 Å². The summed E-state index contributed by atoms with van der Waals surface area (Å²) in [6.07, 6.45) is 4.41. The van der Waals surface area contributed by atoms with Crippen molar-refractivity contribution in [2.45, 2.75) is 26.4 Å². The number of hydrogen-bond donors (Lipinski definition) is 0. The monoisotopic (exact) mass is 330 g/mol. The number of carbonyl (C=O) groups excluding carboxylic acids is 2. The first-order chi connectivity index (χ1) is 11.5. The van der Waals surface area contributed by atoms with Gasteiger partial charge in [-0.15, -0.1) is 0 Å². The molecule has 8 nitrogen and oxygen atoms in total. The number of aryl methyl sites for hydroxylation is 1. The van der Waals surface area contributed by atoms with Gasteiger partial charge >= 0.3 is 0 Å². The lowest BCUT2D eigenvalue weighted by Gasteiger charge is -2.22. The van der Waals surface area contributed by atoms with Gasteiger partial charge < -0.3 is 14.4 Å². The molecule has 0 saturated heterocycles. The topological polar surface area (TPSA) is 76.3 Å². The fourth-order valence-electron chi connectivity index (χ4n) is 2.81. The summed E-state index contributed by atoms with van der Waals surface area (Å²) in [5, 5.41) is 4.34. The summed E-state index contributed by atoms with van der Waals surface area (Å²) in [6, 6.07) is 1.60. The molecule has 0 unspecified atom stereocenters. The van der Waals surface area contributed by atoms with Crippen LogP contribution in [0.15, 0.2) is 18.5 Å². The smallest absolute Gasteiger partial charge is 0.274 e. The van der Waals surface area contributed by atoms with Crippen molar-refractivity contribution < 1.29 is 9.59 Å². The number of rotatable bonds is 5. The van der Waals surface area contributed by atoms with Crippen LogP contribution in [0.4, 0.5) is 0 Å². The molecule has 2 aromatic rings. The first kappa shape index (κ1) is 16.2. The number of aromatic nitrogens is 4. The number of carbonyl (C=O) groups is 2. The van der Waals surface area contributed by atoms with Crippen LogP contribution in [-0.4, -0.2) is 61.1 Å². The van der Waals surface area contributed by atoms with Crippen molar-refractivity contribution in [1.82, 2.24) is 29.1 Å². The molecule has 1 aliphatic rings. The maximum absolute atomic E-state index is 12.9. The Morgan fingerprint density at radius 1 is 1.33 bits per heavy atom. The van der Waals surface area contributed by atoms with Gasteiger partial charge in [0.1, 0.15) is 11.5 Å². The van der Waals surface area contributed by atoms with Crippen molar-refractivity contribution in [3.05, 3.63) is 35.7 Å². The average Bonchev–Trinajstić information content (AvgIpc) is 3.17. The molecule has 0 radical (unpaired) electrons. The van der Waals surface area contributed by atoms with Gasteiger partial charge in [-0.25, -0.2) is 4.98 Å². The van der Waals surface area contributed by atoms with Crippen LogP contribution in [0, 0.1) is 0 Å². The van der Waals surface area contributed by atoms with Gasteiger partial charge in [-0.05, 0) is 6.42 Å². The number of nitrogens with zero attached hydrogens (tertiary/aromatic N) is 6. The first-order valence-electron chi connectivity index (χ1n) is 8.10. The molecule has 24 heavy (non-hydrogen) atoms. The van der Waals surface area contributed by atoms with E-state index in [0.29, 0.717) is 37.6 Å². The summed E-state index contributed by atoms with van der Waals surface area (Å²) >= 11 is 0. The second-order valence-corrected chi connectivity index (χ2v) is 6.05. The van der Waals surface area contributed by atoms with E-state index >= 15 is 0 Å².